The fraction of sp³-hybridized carbons (Fsp3) is 0.625. The molecule has 0 saturated heterocycles. The second-order valence-corrected chi connectivity index (χ2v) is 5.95. The molecule has 1 amide bonds. The molecule has 110 valence electrons. The first kappa shape index (κ1) is 15.0. The van der Waals surface area contributed by atoms with Gasteiger partial charge in [-0.1, -0.05) is 13.3 Å². The zero-order valence-electron chi connectivity index (χ0n) is 12.4. The van der Waals surface area contributed by atoms with Crippen molar-refractivity contribution in [2.75, 3.05) is 6.54 Å². The van der Waals surface area contributed by atoms with E-state index in [1.54, 1.807) is 12.3 Å². The molecule has 0 aromatic carbocycles. The molecule has 2 rings (SSSR count). The van der Waals surface area contributed by atoms with Crippen LogP contribution in [0.1, 0.15) is 55.1 Å². The Balaban J connectivity index is 1.85. The molecule has 1 aliphatic carbocycles. The number of carbonyl (C=O) groups excluding carboxylic acids is 1. The van der Waals surface area contributed by atoms with E-state index in [9.17, 15) is 9.90 Å². The molecule has 1 aliphatic rings. The molecule has 0 spiro atoms. The monoisotopic (exact) mass is 276 g/mol. The van der Waals surface area contributed by atoms with Crippen LogP contribution in [0.25, 0.3) is 0 Å². The summed E-state index contributed by atoms with van der Waals surface area (Å²) >= 11 is 0. The molecule has 0 aliphatic heterocycles. The lowest BCUT2D eigenvalue weighted by Gasteiger charge is -2.35. The van der Waals surface area contributed by atoms with Crippen LogP contribution in [0.5, 0.6) is 0 Å². The second kappa shape index (κ2) is 6.35. The van der Waals surface area contributed by atoms with Gasteiger partial charge in [0.1, 0.15) is 0 Å². The van der Waals surface area contributed by atoms with Gasteiger partial charge in [-0.25, -0.2) is 0 Å². The number of pyridine rings is 1. The molecule has 0 radical (unpaired) electrons. The van der Waals surface area contributed by atoms with Gasteiger partial charge in [-0.3, -0.25) is 9.78 Å². The molecule has 0 unspecified atom stereocenters. The fourth-order valence-electron chi connectivity index (χ4n) is 2.75. The van der Waals surface area contributed by atoms with Crippen molar-refractivity contribution in [1.82, 2.24) is 10.3 Å². The number of amides is 1. The number of aliphatic hydroxyl groups is 1. The third kappa shape index (κ3) is 3.79. The predicted molar refractivity (Wildman–Crippen MR) is 78.5 cm³/mol. The van der Waals surface area contributed by atoms with Crippen LogP contribution in [0.3, 0.4) is 0 Å². The quantitative estimate of drug-likeness (QED) is 0.888. The van der Waals surface area contributed by atoms with Crippen LogP contribution >= 0.6 is 0 Å². The van der Waals surface area contributed by atoms with Gasteiger partial charge in [-0.2, -0.15) is 0 Å². The first-order chi connectivity index (χ1) is 9.52. The first-order valence-electron chi connectivity index (χ1n) is 7.45. The summed E-state index contributed by atoms with van der Waals surface area (Å²) in [6.07, 6.45) is 6.40. The molecule has 1 heterocycles. The van der Waals surface area contributed by atoms with Gasteiger partial charge in [-0.15, -0.1) is 0 Å². The summed E-state index contributed by atoms with van der Waals surface area (Å²) in [6.45, 7) is 4.41. The Morgan fingerprint density at radius 1 is 1.45 bits per heavy atom. The number of hydrogen-bond acceptors (Lipinski definition) is 3. The standard InChI is InChI=1S/C16H24N2O2/c1-3-13-6-8-16(20,9-7-13)11-18-15(19)14-5-4-12(2)17-10-14/h4-5,10,13,20H,3,6-9,11H2,1-2H3,(H,18,19). The molecule has 0 bridgehead atoms. The van der Waals surface area contributed by atoms with E-state index in [0.29, 0.717) is 12.1 Å². The van der Waals surface area contributed by atoms with Gasteiger partial charge < -0.3 is 10.4 Å². The van der Waals surface area contributed by atoms with Gasteiger partial charge in [0.15, 0.2) is 0 Å². The highest BCUT2D eigenvalue weighted by Crippen LogP contribution is 2.33. The number of nitrogens with one attached hydrogen (secondary N) is 1. The zero-order valence-corrected chi connectivity index (χ0v) is 12.4. The van der Waals surface area contributed by atoms with Crippen molar-refractivity contribution in [3.05, 3.63) is 29.6 Å². The number of hydrogen-bond donors (Lipinski definition) is 2. The molecule has 20 heavy (non-hydrogen) atoms. The Kier molecular flexibility index (Phi) is 4.76. The minimum absolute atomic E-state index is 0.163. The Labute approximate surface area is 120 Å². The number of carbonyl (C=O) groups is 1. The van der Waals surface area contributed by atoms with Gasteiger partial charge in [0.2, 0.25) is 0 Å². The highest BCUT2D eigenvalue weighted by atomic mass is 16.3. The van der Waals surface area contributed by atoms with Gasteiger partial charge in [0, 0.05) is 18.4 Å². The van der Waals surface area contributed by atoms with E-state index >= 15 is 0 Å². The number of aromatic nitrogens is 1. The molecule has 1 aromatic heterocycles. The number of aryl methyl sites for hydroxylation is 1. The normalized spacial score (nSPS) is 26.2. The van der Waals surface area contributed by atoms with Crippen molar-refractivity contribution < 1.29 is 9.90 Å². The van der Waals surface area contributed by atoms with Crippen molar-refractivity contribution >= 4 is 5.91 Å². The Bertz CT molecular complexity index is 448. The summed E-state index contributed by atoms with van der Waals surface area (Å²) < 4.78 is 0. The second-order valence-electron chi connectivity index (χ2n) is 5.95. The van der Waals surface area contributed by atoms with Crippen LogP contribution < -0.4 is 5.32 Å². The predicted octanol–water partition coefficient (Wildman–Crippen LogP) is 2.45. The first-order valence-corrected chi connectivity index (χ1v) is 7.45. The van der Waals surface area contributed by atoms with E-state index in [2.05, 4.69) is 17.2 Å². The van der Waals surface area contributed by atoms with Crippen molar-refractivity contribution in [1.29, 1.82) is 0 Å². The summed E-state index contributed by atoms with van der Waals surface area (Å²) in [6, 6.07) is 3.58. The van der Waals surface area contributed by atoms with Gasteiger partial charge in [0.25, 0.3) is 5.91 Å². The van der Waals surface area contributed by atoms with Crippen LogP contribution in [-0.4, -0.2) is 28.1 Å². The van der Waals surface area contributed by atoms with Crippen LogP contribution in [0.2, 0.25) is 0 Å². The maximum atomic E-state index is 12.0. The lowest BCUT2D eigenvalue weighted by molar-refractivity contribution is -0.00786. The lowest BCUT2D eigenvalue weighted by atomic mass is 9.78. The van der Waals surface area contributed by atoms with Gasteiger partial charge >= 0.3 is 0 Å². The van der Waals surface area contributed by atoms with E-state index in [4.69, 9.17) is 0 Å². The molecule has 1 aromatic rings. The maximum Gasteiger partial charge on any atom is 0.252 e. The van der Waals surface area contributed by atoms with Crippen molar-refractivity contribution in [2.24, 2.45) is 5.92 Å². The minimum Gasteiger partial charge on any atom is -0.388 e. The molecular weight excluding hydrogens is 252 g/mol. The number of rotatable bonds is 4. The molecule has 2 N–H and O–H groups in total. The summed E-state index contributed by atoms with van der Waals surface area (Å²) in [5.41, 5.74) is 0.693. The Hall–Kier alpha value is -1.42. The Morgan fingerprint density at radius 2 is 2.15 bits per heavy atom. The van der Waals surface area contributed by atoms with E-state index in [0.717, 1.165) is 37.3 Å². The summed E-state index contributed by atoms with van der Waals surface area (Å²) in [5.74, 6) is 0.566. The van der Waals surface area contributed by atoms with Gasteiger partial charge in [0.05, 0.1) is 11.2 Å². The van der Waals surface area contributed by atoms with E-state index in [-0.39, 0.29) is 5.91 Å². The fourth-order valence-corrected chi connectivity index (χ4v) is 2.75. The maximum absolute atomic E-state index is 12.0. The zero-order chi connectivity index (χ0) is 14.6. The largest absolute Gasteiger partial charge is 0.388 e. The van der Waals surface area contributed by atoms with Crippen LogP contribution in [-0.2, 0) is 0 Å². The minimum atomic E-state index is -0.737. The van der Waals surface area contributed by atoms with E-state index in [1.807, 2.05) is 13.0 Å². The van der Waals surface area contributed by atoms with Gasteiger partial charge in [-0.05, 0) is 50.7 Å². The molecule has 0 atom stereocenters. The molecule has 1 fully saturated rings. The van der Waals surface area contributed by atoms with Crippen molar-refractivity contribution in [3.8, 4) is 0 Å². The lowest BCUT2D eigenvalue weighted by Crippen LogP contribution is -2.45. The van der Waals surface area contributed by atoms with Crippen LogP contribution in [0, 0.1) is 12.8 Å². The third-order valence-electron chi connectivity index (χ3n) is 4.36. The molecule has 4 heteroatoms. The molecule has 1 saturated carbocycles. The molecular formula is C16H24N2O2. The summed E-state index contributed by atoms with van der Waals surface area (Å²) in [7, 11) is 0. The van der Waals surface area contributed by atoms with Crippen molar-refractivity contribution in [2.45, 2.75) is 51.6 Å². The SMILES string of the molecule is CCC1CCC(O)(CNC(=O)c2ccc(C)nc2)CC1. The third-order valence-corrected chi connectivity index (χ3v) is 4.36. The smallest absolute Gasteiger partial charge is 0.252 e. The summed E-state index contributed by atoms with van der Waals surface area (Å²) in [4.78, 5) is 16.1. The van der Waals surface area contributed by atoms with E-state index < -0.39 is 5.60 Å². The Morgan fingerprint density at radius 3 is 2.70 bits per heavy atom. The van der Waals surface area contributed by atoms with Crippen molar-refractivity contribution in [3.63, 3.8) is 0 Å². The average molecular weight is 276 g/mol. The van der Waals surface area contributed by atoms with Crippen LogP contribution in [0.15, 0.2) is 18.3 Å². The highest BCUT2D eigenvalue weighted by Gasteiger charge is 2.32. The highest BCUT2D eigenvalue weighted by molar-refractivity contribution is 5.93. The number of nitrogens with zero attached hydrogens (tertiary/aromatic N) is 1. The topological polar surface area (TPSA) is 62.2 Å². The summed E-state index contributed by atoms with van der Waals surface area (Å²) in [5, 5.41) is 13.3. The average Bonchev–Trinajstić information content (AvgIpc) is 2.46. The van der Waals surface area contributed by atoms with E-state index in [1.165, 1.54) is 6.42 Å². The molecule has 4 nitrogen and oxygen atoms in total. The van der Waals surface area contributed by atoms with Crippen LogP contribution in [0.4, 0.5) is 0 Å².